The van der Waals surface area contributed by atoms with Crippen molar-refractivity contribution in [3.8, 4) is 0 Å². The Bertz CT molecular complexity index is 1290. The van der Waals surface area contributed by atoms with E-state index in [1.54, 1.807) is 18.2 Å². The summed E-state index contributed by atoms with van der Waals surface area (Å²) in [5.41, 5.74) is 6.98. The van der Waals surface area contributed by atoms with Crippen molar-refractivity contribution in [1.29, 1.82) is 0 Å². The van der Waals surface area contributed by atoms with Gasteiger partial charge in [-0.3, -0.25) is 4.79 Å². The number of fused-ring (bicyclic) bond motifs is 1. The van der Waals surface area contributed by atoms with Gasteiger partial charge >= 0.3 is 6.03 Å². The van der Waals surface area contributed by atoms with Gasteiger partial charge in [0, 0.05) is 23.5 Å². The van der Waals surface area contributed by atoms with Gasteiger partial charge in [-0.2, -0.15) is 0 Å². The number of anilines is 3. The van der Waals surface area contributed by atoms with Crippen molar-refractivity contribution in [2.24, 2.45) is 0 Å². The highest BCUT2D eigenvalue weighted by molar-refractivity contribution is 6.18. The zero-order valence-corrected chi connectivity index (χ0v) is 15.2. The van der Waals surface area contributed by atoms with E-state index in [4.69, 9.17) is 5.73 Å². The molecular formula is C20H14F2N6O2. The van der Waals surface area contributed by atoms with Crippen LogP contribution in [0.5, 0.6) is 0 Å². The molecule has 2 aromatic heterocycles. The molecule has 2 amide bonds. The summed E-state index contributed by atoms with van der Waals surface area (Å²) in [5.74, 6) is -1.85. The van der Waals surface area contributed by atoms with Crippen molar-refractivity contribution in [3.63, 3.8) is 0 Å². The maximum Gasteiger partial charge on any atom is 0.323 e. The fourth-order valence-corrected chi connectivity index (χ4v) is 2.94. The number of carbonyl (C=O) groups excluding carboxylic acids is 2. The van der Waals surface area contributed by atoms with Crippen LogP contribution in [0, 0.1) is 11.6 Å². The SMILES string of the molecule is Nc1ncnc2[nH]cc(C(=O)c3cccc(NC(=O)Nc4ccc(F)cc4F)c3)c12. The topological polar surface area (TPSA) is 126 Å². The van der Waals surface area contributed by atoms with Crippen molar-refractivity contribution in [3.05, 3.63) is 77.8 Å². The highest BCUT2D eigenvalue weighted by Gasteiger charge is 2.18. The lowest BCUT2D eigenvalue weighted by Gasteiger charge is -2.09. The first-order valence-electron chi connectivity index (χ1n) is 8.68. The number of nitrogens with one attached hydrogen (secondary N) is 3. The molecule has 0 spiro atoms. The summed E-state index contributed by atoms with van der Waals surface area (Å²) in [7, 11) is 0. The smallest absolute Gasteiger partial charge is 0.323 e. The molecule has 0 saturated heterocycles. The molecule has 8 nitrogen and oxygen atoms in total. The van der Waals surface area contributed by atoms with Gasteiger partial charge in [-0.05, 0) is 24.3 Å². The minimum Gasteiger partial charge on any atom is -0.383 e. The molecule has 0 bridgehead atoms. The fourth-order valence-electron chi connectivity index (χ4n) is 2.94. The Morgan fingerprint density at radius 3 is 2.67 bits per heavy atom. The summed E-state index contributed by atoms with van der Waals surface area (Å²) in [6, 6.07) is 8.20. The molecule has 0 aliphatic carbocycles. The van der Waals surface area contributed by atoms with E-state index in [0.717, 1.165) is 12.1 Å². The van der Waals surface area contributed by atoms with Crippen LogP contribution in [0.15, 0.2) is 55.0 Å². The number of nitrogens with zero attached hydrogens (tertiary/aromatic N) is 2. The van der Waals surface area contributed by atoms with E-state index in [0.29, 0.717) is 22.8 Å². The molecule has 2 heterocycles. The summed E-state index contributed by atoms with van der Waals surface area (Å²) >= 11 is 0. The predicted molar refractivity (Wildman–Crippen MR) is 107 cm³/mol. The Morgan fingerprint density at radius 1 is 1.03 bits per heavy atom. The standard InChI is InChI=1S/C20H14F2N6O2/c21-11-4-5-15(14(22)7-11)28-20(30)27-12-3-1-2-10(6-12)17(29)13-8-24-19-16(13)18(23)25-9-26-19/h1-9H,(H2,27,28,30)(H3,23,24,25,26). The van der Waals surface area contributed by atoms with Crippen molar-refractivity contribution in [1.82, 2.24) is 15.0 Å². The number of benzene rings is 2. The van der Waals surface area contributed by atoms with Crippen LogP contribution in [0.4, 0.5) is 30.8 Å². The Hall–Kier alpha value is -4.34. The van der Waals surface area contributed by atoms with Gasteiger partial charge in [-0.25, -0.2) is 23.5 Å². The number of hydrogen-bond donors (Lipinski definition) is 4. The van der Waals surface area contributed by atoms with Crippen LogP contribution in [-0.2, 0) is 0 Å². The zero-order valence-electron chi connectivity index (χ0n) is 15.2. The van der Waals surface area contributed by atoms with Crippen LogP contribution < -0.4 is 16.4 Å². The number of aromatic nitrogens is 3. The third kappa shape index (κ3) is 3.65. The summed E-state index contributed by atoms with van der Waals surface area (Å²) in [6.07, 6.45) is 2.78. The number of urea groups is 1. The minimum atomic E-state index is -0.909. The summed E-state index contributed by atoms with van der Waals surface area (Å²) in [6.45, 7) is 0. The normalized spacial score (nSPS) is 10.7. The molecule has 0 aliphatic heterocycles. The second-order valence-electron chi connectivity index (χ2n) is 6.30. The molecule has 0 aliphatic rings. The molecule has 5 N–H and O–H groups in total. The van der Waals surface area contributed by atoms with Gasteiger partial charge < -0.3 is 21.4 Å². The van der Waals surface area contributed by atoms with Crippen LogP contribution in [-0.4, -0.2) is 26.8 Å². The number of nitrogen functional groups attached to an aromatic ring is 1. The number of hydrogen-bond acceptors (Lipinski definition) is 5. The third-order valence-electron chi connectivity index (χ3n) is 4.31. The molecule has 4 aromatic rings. The maximum absolute atomic E-state index is 13.7. The largest absolute Gasteiger partial charge is 0.383 e. The molecule has 4 rings (SSSR count). The van der Waals surface area contributed by atoms with Gasteiger partial charge in [-0.1, -0.05) is 12.1 Å². The van der Waals surface area contributed by atoms with Crippen molar-refractivity contribution >= 4 is 40.0 Å². The van der Waals surface area contributed by atoms with Crippen molar-refractivity contribution < 1.29 is 18.4 Å². The minimum absolute atomic E-state index is 0.166. The number of ketones is 1. The molecule has 30 heavy (non-hydrogen) atoms. The van der Waals surface area contributed by atoms with E-state index in [-0.39, 0.29) is 28.4 Å². The monoisotopic (exact) mass is 408 g/mol. The van der Waals surface area contributed by atoms with Gasteiger partial charge in [0.05, 0.1) is 16.6 Å². The van der Waals surface area contributed by atoms with Crippen LogP contribution in [0.1, 0.15) is 15.9 Å². The third-order valence-corrected chi connectivity index (χ3v) is 4.31. The van der Waals surface area contributed by atoms with Crippen molar-refractivity contribution in [2.75, 3.05) is 16.4 Å². The molecule has 0 fully saturated rings. The van der Waals surface area contributed by atoms with Crippen LogP contribution in [0.25, 0.3) is 11.0 Å². The van der Waals surface area contributed by atoms with E-state index in [1.807, 2.05) is 0 Å². The second kappa shape index (κ2) is 7.59. The van der Waals surface area contributed by atoms with Gasteiger partial charge in [0.25, 0.3) is 0 Å². The van der Waals surface area contributed by atoms with Crippen LogP contribution >= 0.6 is 0 Å². The molecule has 2 aromatic carbocycles. The number of amides is 2. The zero-order chi connectivity index (χ0) is 21.3. The fraction of sp³-hybridized carbons (Fsp3) is 0. The molecule has 0 atom stereocenters. The number of halogens is 2. The molecule has 10 heteroatoms. The van der Waals surface area contributed by atoms with Gasteiger partial charge in [0.1, 0.15) is 29.4 Å². The van der Waals surface area contributed by atoms with E-state index >= 15 is 0 Å². The molecule has 150 valence electrons. The summed E-state index contributed by atoms with van der Waals surface area (Å²) < 4.78 is 26.7. The second-order valence-corrected chi connectivity index (χ2v) is 6.30. The van der Waals surface area contributed by atoms with Crippen LogP contribution in [0.2, 0.25) is 0 Å². The predicted octanol–water partition coefficient (Wildman–Crippen LogP) is 3.69. The number of H-pyrrole nitrogens is 1. The summed E-state index contributed by atoms with van der Waals surface area (Å²) in [5, 5.41) is 5.19. The highest BCUT2D eigenvalue weighted by atomic mass is 19.1. The molecule has 0 unspecified atom stereocenters. The lowest BCUT2D eigenvalue weighted by Crippen LogP contribution is -2.20. The molecule has 0 radical (unpaired) electrons. The molecular weight excluding hydrogens is 394 g/mol. The highest BCUT2D eigenvalue weighted by Crippen LogP contribution is 2.24. The number of aromatic amines is 1. The average Bonchev–Trinajstić information content (AvgIpc) is 3.15. The Kier molecular flexibility index (Phi) is 4.80. The van der Waals surface area contributed by atoms with Crippen LogP contribution in [0.3, 0.4) is 0 Å². The van der Waals surface area contributed by atoms with E-state index in [9.17, 15) is 18.4 Å². The number of carbonyl (C=O) groups is 2. The first-order valence-corrected chi connectivity index (χ1v) is 8.68. The van der Waals surface area contributed by atoms with E-state index in [1.165, 1.54) is 18.6 Å². The van der Waals surface area contributed by atoms with Gasteiger partial charge in [0.2, 0.25) is 0 Å². The quantitative estimate of drug-likeness (QED) is 0.383. The average molecular weight is 408 g/mol. The van der Waals surface area contributed by atoms with Gasteiger partial charge in [0.15, 0.2) is 5.78 Å². The molecule has 0 saturated carbocycles. The first kappa shape index (κ1) is 19.0. The summed E-state index contributed by atoms with van der Waals surface area (Å²) in [4.78, 5) is 35.9. The Morgan fingerprint density at radius 2 is 1.87 bits per heavy atom. The van der Waals surface area contributed by atoms with E-state index in [2.05, 4.69) is 25.6 Å². The first-order chi connectivity index (χ1) is 14.4. The lowest BCUT2D eigenvalue weighted by molar-refractivity contribution is 0.104. The number of rotatable bonds is 4. The Labute approximate surface area is 168 Å². The lowest BCUT2D eigenvalue weighted by atomic mass is 10.0. The van der Waals surface area contributed by atoms with E-state index < -0.39 is 17.7 Å². The maximum atomic E-state index is 13.7. The number of nitrogens with two attached hydrogens (primary N) is 1. The van der Waals surface area contributed by atoms with Gasteiger partial charge in [-0.15, -0.1) is 0 Å². The Balaban J connectivity index is 1.55. The van der Waals surface area contributed by atoms with Crippen molar-refractivity contribution in [2.45, 2.75) is 0 Å².